The van der Waals surface area contributed by atoms with E-state index in [1.807, 2.05) is 54.6 Å². The van der Waals surface area contributed by atoms with E-state index in [1.54, 1.807) is 11.1 Å². The molecule has 1 saturated carbocycles. The van der Waals surface area contributed by atoms with Crippen LogP contribution in [0.2, 0.25) is 0 Å². The summed E-state index contributed by atoms with van der Waals surface area (Å²) >= 11 is 0. The maximum absolute atomic E-state index is 13.1. The summed E-state index contributed by atoms with van der Waals surface area (Å²) in [7, 11) is 0. The highest BCUT2D eigenvalue weighted by Gasteiger charge is 2.56. The molecule has 2 N–H and O–H groups in total. The molecule has 6 heteroatoms. The lowest BCUT2D eigenvalue weighted by Gasteiger charge is -2.26. The zero-order chi connectivity index (χ0) is 21.4. The number of hydrogen-bond acceptors (Lipinski definition) is 4. The van der Waals surface area contributed by atoms with Crippen molar-refractivity contribution in [2.75, 3.05) is 6.54 Å². The van der Waals surface area contributed by atoms with Crippen LogP contribution >= 0.6 is 0 Å². The number of nitriles is 1. The van der Waals surface area contributed by atoms with Crippen LogP contribution in [-0.4, -0.2) is 29.4 Å². The average Bonchev–Trinajstić information content (AvgIpc) is 3.58. The van der Waals surface area contributed by atoms with Crippen molar-refractivity contribution in [3.8, 4) is 6.07 Å². The molecule has 31 heavy (non-hydrogen) atoms. The van der Waals surface area contributed by atoms with Crippen LogP contribution in [0.4, 0.5) is 0 Å². The van der Waals surface area contributed by atoms with Crippen molar-refractivity contribution in [3.05, 3.63) is 72.1 Å². The van der Waals surface area contributed by atoms with Crippen molar-refractivity contribution < 1.29 is 9.59 Å². The predicted octanol–water partition coefficient (Wildman–Crippen LogP) is 2.98. The molecule has 0 radical (unpaired) electrons. The van der Waals surface area contributed by atoms with Gasteiger partial charge in [0.1, 0.15) is 11.6 Å². The van der Waals surface area contributed by atoms with E-state index in [2.05, 4.69) is 16.7 Å². The predicted molar refractivity (Wildman–Crippen MR) is 117 cm³/mol. The molecule has 2 aromatic rings. The largest absolute Gasteiger partial charge is 0.368 e. The molecule has 0 bridgehead atoms. The minimum atomic E-state index is -0.868. The van der Waals surface area contributed by atoms with Crippen molar-refractivity contribution >= 4 is 22.6 Å². The lowest BCUT2D eigenvalue weighted by Crippen LogP contribution is -2.45. The van der Waals surface area contributed by atoms with Crippen LogP contribution in [0.1, 0.15) is 24.8 Å². The SMILES string of the molecule is N#C[C@@]1(C2CC2)CCN(C2=CC(NC(=O)Cc3cccc4ccccc34)NC=C2)C1=O. The number of nitrogens with one attached hydrogen (secondary N) is 2. The molecule has 1 saturated heterocycles. The summed E-state index contributed by atoms with van der Waals surface area (Å²) in [5.74, 6) is -0.00882. The number of rotatable bonds is 5. The smallest absolute Gasteiger partial charge is 0.247 e. The summed E-state index contributed by atoms with van der Waals surface area (Å²) in [5.41, 5.74) is 0.841. The van der Waals surface area contributed by atoms with E-state index in [4.69, 9.17) is 0 Å². The van der Waals surface area contributed by atoms with Crippen molar-refractivity contribution in [2.45, 2.75) is 31.8 Å². The molecule has 2 fully saturated rings. The molecule has 5 rings (SSSR count). The van der Waals surface area contributed by atoms with Crippen LogP contribution in [0.25, 0.3) is 10.8 Å². The van der Waals surface area contributed by atoms with Crippen LogP contribution in [-0.2, 0) is 16.0 Å². The number of hydrogen-bond donors (Lipinski definition) is 2. The van der Waals surface area contributed by atoms with E-state index in [0.29, 0.717) is 13.0 Å². The number of likely N-dealkylation sites (tertiary alicyclic amines) is 1. The highest BCUT2D eigenvalue weighted by Crippen LogP contribution is 2.51. The minimum absolute atomic E-state index is 0.100. The van der Waals surface area contributed by atoms with Crippen LogP contribution in [0.15, 0.2) is 66.5 Å². The minimum Gasteiger partial charge on any atom is -0.368 e. The third-order valence-corrected chi connectivity index (χ3v) is 6.56. The van der Waals surface area contributed by atoms with Crippen molar-refractivity contribution in [3.63, 3.8) is 0 Å². The average molecular weight is 412 g/mol. The lowest BCUT2D eigenvalue weighted by atomic mass is 9.83. The second-order valence-electron chi connectivity index (χ2n) is 8.52. The number of benzene rings is 2. The Kier molecular flexibility index (Phi) is 4.74. The number of allylic oxidation sites excluding steroid dienone is 1. The Bertz CT molecular complexity index is 1150. The van der Waals surface area contributed by atoms with Crippen molar-refractivity contribution in [1.29, 1.82) is 5.26 Å². The summed E-state index contributed by atoms with van der Waals surface area (Å²) in [5, 5.41) is 18.0. The van der Waals surface area contributed by atoms with Crippen LogP contribution in [0, 0.1) is 22.7 Å². The van der Waals surface area contributed by atoms with Gasteiger partial charge in [-0.2, -0.15) is 5.26 Å². The quantitative estimate of drug-likeness (QED) is 0.791. The van der Waals surface area contributed by atoms with E-state index < -0.39 is 11.6 Å². The maximum Gasteiger partial charge on any atom is 0.247 e. The van der Waals surface area contributed by atoms with Gasteiger partial charge in [-0.05, 0) is 53.7 Å². The number of fused-ring (bicyclic) bond motifs is 1. The second kappa shape index (κ2) is 7.59. The molecule has 2 heterocycles. The third kappa shape index (κ3) is 3.46. The fraction of sp³-hybridized carbons (Fsp3) is 0.320. The molecule has 0 spiro atoms. The van der Waals surface area contributed by atoms with Gasteiger partial charge in [-0.3, -0.25) is 9.59 Å². The standard InChI is InChI=1S/C25H24N4O2/c26-16-25(19-8-9-19)11-13-29(24(25)31)20-10-12-27-22(15-20)28-23(30)14-18-6-3-5-17-4-1-2-7-21(17)18/h1-7,10,12,15,19,22,27H,8-9,11,13-14H2,(H,28,30)/t22?,25-/m1/s1. The van der Waals surface area contributed by atoms with E-state index >= 15 is 0 Å². The second-order valence-corrected chi connectivity index (χ2v) is 8.52. The summed E-state index contributed by atoms with van der Waals surface area (Å²) in [6, 6.07) is 16.3. The fourth-order valence-corrected chi connectivity index (χ4v) is 4.75. The Morgan fingerprint density at radius 2 is 2.03 bits per heavy atom. The molecule has 2 aromatic carbocycles. The van der Waals surface area contributed by atoms with Gasteiger partial charge in [-0.1, -0.05) is 42.5 Å². The number of amides is 2. The number of dihydropyridines is 1. The van der Waals surface area contributed by atoms with Gasteiger partial charge >= 0.3 is 0 Å². The van der Waals surface area contributed by atoms with E-state index in [-0.39, 0.29) is 24.2 Å². The molecule has 2 aliphatic heterocycles. The monoisotopic (exact) mass is 412 g/mol. The molecule has 3 aliphatic rings. The first-order chi connectivity index (χ1) is 15.1. The molecule has 1 aliphatic carbocycles. The van der Waals surface area contributed by atoms with Gasteiger partial charge in [0, 0.05) is 18.4 Å². The fourth-order valence-electron chi connectivity index (χ4n) is 4.75. The molecule has 156 valence electrons. The van der Waals surface area contributed by atoms with E-state index in [1.165, 1.54) is 0 Å². The summed E-state index contributed by atoms with van der Waals surface area (Å²) in [6.45, 7) is 0.537. The van der Waals surface area contributed by atoms with Gasteiger partial charge in [0.2, 0.25) is 11.8 Å². The molecule has 0 aromatic heterocycles. The molecular weight excluding hydrogens is 388 g/mol. The maximum atomic E-state index is 13.1. The number of carbonyl (C=O) groups is 2. The van der Waals surface area contributed by atoms with Gasteiger partial charge in [-0.15, -0.1) is 0 Å². The third-order valence-electron chi connectivity index (χ3n) is 6.56. The Morgan fingerprint density at radius 1 is 1.23 bits per heavy atom. The van der Waals surface area contributed by atoms with Gasteiger partial charge in [-0.25, -0.2) is 0 Å². The van der Waals surface area contributed by atoms with Crippen LogP contribution in [0.5, 0.6) is 0 Å². The summed E-state index contributed by atoms with van der Waals surface area (Å²) in [4.78, 5) is 27.5. The zero-order valence-corrected chi connectivity index (χ0v) is 17.2. The Labute approximate surface area is 181 Å². The van der Waals surface area contributed by atoms with E-state index in [9.17, 15) is 14.9 Å². The Morgan fingerprint density at radius 3 is 2.84 bits per heavy atom. The summed E-state index contributed by atoms with van der Waals surface area (Å²) < 4.78 is 0. The molecule has 6 nitrogen and oxygen atoms in total. The first kappa shape index (κ1) is 19.4. The van der Waals surface area contributed by atoms with Crippen LogP contribution < -0.4 is 10.6 Å². The molecule has 1 unspecified atom stereocenters. The first-order valence-corrected chi connectivity index (χ1v) is 10.7. The highest BCUT2D eigenvalue weighted by atomic mass is 16.2. The van der Waals surface area contributed by atoms with Gasteiger partial charge < -0.3 is 15.5 Å². The van der Waals surface area contributed by atoms with E-state index in [0.717, 1.165) is 34.9 Å². The number of carbonyl (C=O) groups excluding carboxylic acids is 2. The summed E-state index contributed by atoms with van der Waals surface area (Å²) in [6.07, 6.45) is 7.76. The lowest BCUT2D eigenvalue weighted by molar-refractivity contribution is -0.132. The Hall–Kier alpha value is -3.59. The van der Waals surface area contributed by atoms with Crippen LogP contribution in [0.3, 0.4) is 0 Å². The molecule has 2 amide bonds. The Balaban J connectivity index is 1.28. The topological polar surface area (TPSA) is 85.2 Å². The van der Waals surface area contributed by atoms with Crippen molar-refractivity contribution in [1.82, 2.24) is 15.5 Å². The first-order valence-electron chi connectivity index (χ1n) is 10.7. The number of nitrogens with zero attached hydrogens (tertiary/aromatic N) is 2. The molecule has 2 atom stereocenters. The van der Waals surface area contributed by atoms with Gasteiger partial charge in [0.15, 0.2) is 0 Å². The van der Waals surface area contributed by atoms with Gasteiger partial charge in [0.25, 0.3) is 0 Å². The normalized spacial score (nSPS) is 25.1. The van der Waals surface area contributed by atoms with Crippen molar-refractivity contribution in [2.24, 2.45) is 11.3 Å². The van der Waals surface area contributed by atoms with Gasteiger partial charge in [0.05, 0.1) is 12.5 Å². The highest BCUT2D eigenvalue weighted by molar-refractivity contribution is 5.91. The zero-order valence-electron chi connectivity index (χ0n) is 17.2. The molecular formula is C25H24N4O2.